The molecular weight excluding hydrogens is 384 g/mol. The molecule has 156 valence electrons. The largest absolute Gasteiger partial charge is 0.497 e. The van der Waals surface area contributed by atoms with Crippen molar-refractivity contribution in [3.05, 3.63) is 75.6 Å². The minimum absolute atomic E-state index is 0.0826. The Labute approximate surface area is 174 Å². The highest BCUT2D eigenvalue weighted by Gasteiger charge is 2.14. The normalized spacial score (nSPS) is 10.6. The number of nitrogens with one attached hydrogen (secondary N) is 2. The minimum Gasteiger partial charge on any atom is -0.497 e. The summed E-state index contributed by atoms with van der Waals surface area (Å²) in [6, 6.07) is 14.8. The van der Waals surface area contributed by atoms with E-state index in [4.69, 9.17) is 9.15 Å². The van der Waals surface area contributed by atoms with Crippen LogP contribution in [-0.2, 0) is 22.6 Å². The fraction of sp³-hybridized carbons (Fsp3) is 0.261. The third kappa shape index (κ3) is 5.26. The highest BCUT2D eigenvalue weighted by molar-refractivity contribution is 5.85. The maximum absolute atomic E-state index is 12.3. The molecule has 2 amide bonds. The Kier molecular flexibility index (Phi) is 6.85. The van der Waals surface area contributed by atoms with Crippen LogP contribution in [-0.4, -0.2) is 25.5 Å². The standard InChI is InChI=1S/C23H24N2O5/c1-15-18-9-8-17(29-2)12-20(18)30-23(28)19(15)10-11-21(26)25-14-22(27)24-13-16-6-4-3-5-7-16/h3-9,12H,10-11,13-14H2,1-2H3,(H,24,27)(H,25,26). The van der Waals surface area contributed by atoms with Gasteiger partial charge < -0.3 is 19.8 Å². The molecule has 1 heterocycles. The van der Waals surface area contributed by atoms with E-state index in [0.717, 1.165) is 16.5 Å². The first-order valence-corrected chi connectivity index (χ1v) is 9.65. The molecule has 0 aliphatic heterocycles. The number of benzene rings is 2. The maximum Gasteiger partial charge on any atom is 0.339 e. The number of carbonyl (C=O) groups excluding carboxylic acids is 2. The van der Waals surface area contributed by atoms with Gasteiger partial charge in [0.2, 0.25) is 11.8 Å². The van der Waals surface area contributed by atoms with E-state index in [1.807, 2.05) is 43.3 Å². The second-order valence-electron chi connectivity index (χ2n) is 6.89. The van der Waals surface area contributed by atoms with Gasteiger partial charge in [-0.1, -0.05) is 30.3 Å². The van der Waals surface area contributed by atoms with Crippen molar-refractivity contribution in [1.82, 2.24) is 10.6 Å². The molecular formula is C23H24N2O5. The summed E-state index contributed by atoms with van der Waals surface area (Å²) >= 11 is 0. The van der Waals surface area contributed by atoms with Crippen molar-refractivity contribution >= 4 is 22.8 Å². The van der Waals surface area contributed by atoms with Crippen molar-refractivity contribution in [2.75, 3.05) is 13.7 Å². The summed E-state index contributed by atoms with van der Waals surface area (Å²) in [6.07, 6.45) is 0.312. The van der Waals surface area contributed by atoms with Crippen molar-refractivity contribution < 1.29 is 18.7 Å². The van der Waals surface area contributed by atoms with E-state index in [2.05, 4.69) is 10.6 Å². The SMILES string of the molecule is COc1ccc2c(C)c(CCC(=O)NCC(=O)NCc3ccccc3)c(=O)oc2c1. The molecule has 0 saturated heterocycles. The van der Waals surface area contributed by atoms with Gasteiger partial charge in [-0.05, 0) is 36.6 Å². The zero-order chi connectivity index (χ0) is 21.5. The highest BCUT2D eigenvalue weighted by atomic mass is 16.5. The van der Waals surface area contributed by atoms with Crippen LogP contribution in [0.25, 0.3) is 11.0 Å². The molecule has 0 spiro atoms. The Balaban J connectivity index is 1.53. The van der Waals surface area contributed by atoms with Gasteiger partial charge in [0.05, 0.1) is 13.7 Å². The molecule has 0 aliphatic carbocycles. The molecule has 7 nitrogen and oxygen atoms in total. The van der Waals surface area contributed by atoms with Gasteiger partial charge in [0.25, 0.3) is 0 Å². The average Bonchev–Trinajstić information content (AvgIpc) is 2.76. The number of aryl methyl sites for hydroxylation is 1. The molecule has 30 heavy (non-hydrogen) atoms. The lowest BCUT2D eigenvalue weighted by Gasteiger charge is -2.09. The minimum atomic E-state index is -0.471. The van der Waals surface area contributed by atoms with Crippen molar-refractivity contribution in [1.29, 1.82) is 0 Å². The monoisotopic (exact) mass is 408 g/mol. The van der Waals surface area contributed by atoms with Crippen LogP contribution in [0.3, 0.4) is 0 Å². The first-order chi connectivity index (χ1) is 14.5. The smallest absolute Gasteiger partial charge is 0.339 e. The molecule has 0 fully saturated rings. The second kappa shape index (κ2) is 9.73. The zero-order valence-corrected chi connectivity index (χ0v) is 17.0. The summed E-state index contributed by atoms with van der Waals surface area (Å²) in [4.78, 5) is 36.4. The number of rotatable bonds is 8. The van der Waals surface area contributed by atoms with Crippen molar-refractivity contribution in [2.45, 2.75) is 26.3 Å². The lowest BCUT2D eigenvalue weighted by Crippen LogP contribution is -2.36. The fourth-order valence-corrected chi connectivity index (χ4v) is 3.16. The predicted octanol–water partition coefficient (Wildman–Crippen LogP) is 2.48. The van der Waals surface area contributed by atoms with Crippen LogP contribution < -0.4 is 21.0 Å². The first-order valence-electron chi connectivity index (χ1n) is 9.65. The summed E-state index contributed by atoms with van der Waals surface area (Å²) in [5.74, 6) is 0.0174. The Morgan fingerprint density at radius 2 is 1.80 bits per heavy atom. The second-order valence-corrected chi connectivity index (χ2v) is 6.89. The lowest BCUT2D eigenvalue weighted by atomic mass is 10.0. The average molecular weight is 408 g/mol. The van der Waals surface area contributed by atoms with E-state index >= 15 is 0 Å². The third-order valence-electron chi connectivity index (χ3n) is 4.88. The third-order valence-corrected chi connectivity index (χ3v) is 4.88. The van der Waals surface area contributed by atoms with E-state index in [-0.39, 0.29) is 31.2 Å². The van der Waals surface area contributed by atoms with Crippen LogP contribution >= 0.6 is 0 Å². The molecule has 0 atom stereocenters. The summed E-state index contributed by atoms with van der Waals surface area (Å²) in [5, 5.41) is 6.12. The van der Waals surface area contributed by atoms with Gasteiger partial charge in [-0.15, -0.1) is 0 Å². The number of amides is 2. The number of hydrogen-bond donors (Lipinski definition) is 2. The maximum atomic E-state index is 12.3. The van der Waals surface area contributed by atoms with E-state index in [1.54, 1.807) is 19.2 Å². The van der Waals surface area contributed by atoms with Crippen molar-refractivity contribution in [2.24, 2.45) is 0 Å². The van der Waals surface area contributed by atoms with Crippen LogP contribution in [0.1, 0.15) is 23.1 Å². The molecule has 2 aromatic carbocycles. The van der Waals surface area contributed by atoms with Crippen molar-refractivity contribution in [3.8, 4) is 5.75 Å². The van der Waals surface area contributed by atoms with Crippen LogP contribution in [0.4, 0.5) is 0 Å². The summed E-state index contributed by atoms with van der Waals surface area (Å²) in [7, 11) is 1.54. The molecule has 0 unspecified atom stereocenters. The number of methoxy groups -OCH3 is 1. The summed E-state index contributed by atoms with van der Waals surface area (Å²) in [6.45, 7) is 2.12. The van der Waals surface area contributed by atoms with E-state index in [9.17, 15) is 14.4 Å². The Morgan fingerprint density at radius 1 is 1.03 bits per heavy atom. The van der Waals surface area contributed by atoms with Crippen LogP contribution in [0.15, 0.2) is 57.7 Å². The first kappa shape index (κ1) is 21.1. The Bertz CT molecular complexity index is 1110. The van der Waals surface area contributed by atoms with Crippen LogP contribution in [0.5, 0.6) is 5.75 Å². The van der Waals surface area contributed by atoms with Gasteiger partial charge >= 0.3 is 5.63 Å². The molecule has 3 rings (SSSR count). The van der Waals surface area contributed by atoms with Gasteiger partial charge in [-0.25, -0.2) is 4.79 Å². The van der Waals surface area contributed by atoms with Gasteiger partial charge in [0, 0.05) is 30.0 Å². The van der Waals surface area contributed by atoms with Gasteiger partial charge in [-0.2, -0.15) is 0 Å². The molecule has 2 N–H and O–H groups in total. The molecule has 0 aliphatic rings. The quantitative estimate of drug-likeness (QED) is 0.558. The highest BCUT2D eigenvalue weighted by Crippen LogP contribution is 2.24. The van der Waals surface area contributed by atoms with E-state index < -0.39 is 5.63 Å². The summed E-state index contributed by atoms with van der Waals surface area (Å²) < 4.78 is 10.5. The zero-order valence-electron chi connectivity index (χ0n) is 17.0. The van der Waals surface area contributed by atoms with E-state index in [0.29, 0.717) is 23.4 Å². The fourth-order valence-electron chi connectivity index (χ4n) is 3.16. The molecule has 0 bridgehead atoms. The summed E-state index contributed by atoms with van der Waals surface area (Å²) in [5.41, 5.74) is 2.18. The van der Waals surface area contributed by atoms with E-state index in [1.165, 1.54) is 0 Å². The topological polar surface area (TPSA) is 97.6 Å². The van der Waals surface area contributed by atoms with Gasteiger partial charge in [0.15, 0.2) is 0 Å². The molecule has 0 radical (unpaired) electrons. The predicted molar refractivity (Wildman–Crippen MR) is 113 cm³/mol. The Hall–Kier alpha value is -3.61. The molecule has 7 heteroatoms. The Morgan fingerprint density at radius 3 is 2.53 bits per heavy atom. The number of ether oxygens (including phenoxy) is 1. The van der Waals surface area contributed by atoms with Gasteiger partial charge in [-0.3, -0.25) is 9.59 Å². The van der Waals surface area contributed by atoms with Crippen LogP contribution in [0, 0.1) is 6.92 Å². The molecule has 0 saturated carbocycles. The van der Waals surface area contributed by atoms with Crippen LogP contribution in [0.2, 0.25) is 0 Å². The number of hydrogen-bond acceptors (Lipinski definition) is 5. The number of fused-ring (bicyclic) bond motifs is 1. The molecule has 1 aromatic heterocycles. The van der Waals surface area contributed by atoms with Crippen molar-refractivity contribution in [3.63, 3.8) is 0 Å². The lowest BCUT2D eigenvalue weighted by molar-refractivity contribution is -0.126. The van der Waals surface area contributed by atoms with Gasteiger partial charge in [0.1, 0.15) is 11.3 Å². The number of carbonyl (C=O) groups is 2. The molecule has 3 aromatic rings.